The molecule has 0 aliphatic carbocycles. The summed E-state index contributed by atoms with van der Waals surface area (Å²) in [4.78, 5) is 8.30. The molecule has 0 radical (unpaired) electrons. The summed E-state index contributed by atoms with van der Waals surface area (Å²) in [5.74, 6) is -0.153. The minimum Gasteiger partial charge on any atom is -0.488 e. The first-order chi connectivity index (χ1) is 11.0. The van der Waals surface area contributed by atoms with Crippen LogP contribution in [0.25, 0.3) is 5.78 Å². The number of ether oxygens (including phenoxy) is 1. The van der Waals surface area contributed by atoms with Gasteiger partial charge in [-0.1, -0.05) is 0 Å². The molecule has 0 saturated heterocycles. The second kappa shape index (κ2) is 6.15. The van der Waals surface area contributed by atoms with Crippen molar-refractivity contribution in [2.45, 2.75) is 19.9 Å². The molecule has 0 amide bonds. The third-order valence-corrected chi connectivity index (χ3v) is 3.16. The van der Waals surface area contributed by atoms with E-state index in [1.165, 1.54) is 12.4 Å². The zero-order chi connectivity index (χ0) is 16.4. The molecule has 1 aromatic carbocycles. The lowest BCUT2D eigenvalue weighted by molar-refractivity contribution is 0.288. The molecule has 0 saturated carbocycles. The fourth-order valence-corrected chi connectivity index (χ4v) is 2.13. The van der Waals surface area contributed by atoms with Crippen molar-refractivity contribution < 1.29 is 13.5 Å². The lowest BCUT2D eigenvalue weighted by Crippen LogP contribution is -2.25. The molecule has 0 aliphatic heterocycles. The fourth-order valence-electron chi connectivity index (χ4n) is 2.13. The molecule has 120 valence electrons. The van der Waals surface area contributed by atoms with Crippen LogP contribution in [0.2, 0.25) is 0 Å². The molecule has 3 aromatic rings. The number of anilines is 1. The van der Waals surface area contributed by atoms with Crippen LogP contribution in [-0.4, -0.2) is 32.2 Å². The van der Waals surface area contributed by atoms with E-state index < -0.39 is 11.6 Å². The molecule has 1 atom stereocenters. The van der Waals surface area contributed by atoms with Crippen molar-refractivity contribution in [3.63, 3.8) is 0 Å². The normalized spacial score (nSPS) is 12.3. The Bertz CT molecular complexity index is 836. The van der Waals surface area contributed by atoms with Gasteiger partial charge in [0.25, 0.3) is 5.78 Å². The number of nitrogens with zero attached hydrogens (tertiary/aromatic N) is 4. The molecule has 3 rings (SSSR count). The molecular weight excluding hydrogens is 304 g/mol. The van der Waals surface area contributed by atoms with Crippen molar-refractivity contribution in [1.82, 2.24) is 19.6 Å². The average Bonchev–Trinajstić information content (AvgIpc) is 2.94. The number of rotatable bonds is 5. The third kappa shape index (κ3) is 3.36. The zero-order valence-electron chi connectivity index (χ0n) is 12.6. The van der Waals surface area contributed by atoms with Crippen molar-refractivity contribution in [1.29, 1.82) is 0 Å². The number of hydrogen-bond donors (Lipinski definition) is 1. The highest BCUT2D eigenvalue weighted by atomic mass is 19.1. The minimum absolute atomic E-state index is 0.0110. The Morgan fingerprint density at radius 2 is 2.13 bits per heavy atom. The molecule has 8 heteroatoms. The van der Waals surface area contributed by atoms with Crippen LogP contribution >= 0.6 is 0 Å². The summed E-state index contributed by atoms with van der Waals surface area (Å²) >= 11 is 0. The van der Waals surface area contributed by atoms with Crippen LogP contribution < -0.4 is 10.1 Å². The maximum absolute atomic E-state index is 13.5. The number of aryl methyl sites for hydroxylation is 1. The molecule has 0 aliphatic rings. The van der Waals surface area contributed by atoms with Gasteiger partial charge in [0.05, 0.1) is 6.04 Å². The van der Waals surface area contributed by atoms with Gasteiger partial charge >= 0.3 is 0 Å². The highest BCUT2D eigenvalue weighted by Gasteiger charge is 2.11. The van der Waals surface area contributed by atoms with Gasteiger partial charge in [-0.25, -0.2) is 13.8 Å². The smallest absolute Gasteiger partial charge is 0.254 e. The second-order valence-corrected chi connectivity index (χ2v) is 5.19. The minimum atomic E-state index is -0.726. The Labute approximate surface area is 131 Å². The molecule has 0 fully saturated rings. The standard InChI is InChI=1S/C15H15F2N5O/c1-9-5-14(22-15(21-9)18-8-19-22)20-10(2)7-23-13-4-3-11(16)6-12(13)17/h3-6,8,10,20H,7H2,1-2H3. The predicted octanol–water partition coefficient (Wildman–Crippen LogP) is 2.59. The Kier molecular flexibility index (Phi) is 4.05. The molecular formula is C15H15F2N5O. The summed E-state index contributed by atoms with van der Waals surface area (Å²) in [6.45, 7) is 3.93. The van der Waals surface area contributed by atoms with Crippen LogP contribution in [0.15, 0.2) is 30.6 Å². The molecule has 0 spiro atoms. The summed E-state index contributed by atoms with van der Waals surface area (Å²) in [5, 5.41) is 7.30. The Hall–Kier alpha value is -2.77. The number of benzene rings is 1. The maximum Gasteiger partial charge on any atom is 0.254 e. The van der Waals surface area contributed by atoms with Gasteiger partial charge in [-0.3, -0.25) is 0 Å². The lowest BCUT2D eigenvalue weighted by Gasteiger charge is -2.17. The van der Waals surface area contributed by atoms with Gasteiger partial charge in [0.15, 0.2) is 11.6 Å². The van der Waals surface area contributed by atoms with Gasteiger partial charge in [0.2, 0.25) is 0 Å². The van der Waals surface area contributed by atoms with E-state index in [1.807, 2.05) is 19.9 Å². The Morgan fingerprint density at radius 3 is 2.91 bits per heavy atom. The van der Waals surface area contributed by atoms with Crippen molar-refractivity contribution in [2.75, 3.05) is 11.9 Å². The largest absolute Gasteiger partial charge is 0.488 e. The van der Waals surface area contributed by atoms with Crippen molar-refractivity contribution in [2.24, 2.45) is 0 Å². The first kappa shape index (κ1) is 15.1. The van der Waals surface area contributed by atoms with E-state index in [2.05, 4.69) is 20.4 Å². The van der Waals surface area contributed by atoms with Crippen LogP contribution in [0.3, 0.4) is 0 Å². The van der Waals surface area contributed by atoms with Gasteiger partial charge in [0.1, 0.15) is 24.6 Å². The zero-order valence-corrected chi connectivity index (χ0v) is 12.6. The molecule has 1 unspecified atom stereocenters. The maximum atomic E-state index is 13.5. The van der Waals surface area contributed by atoms with Gasteiger partial charge < -0.3 is 10.1 Å². The molecule has 1 N–H and O–H groups in total. The fraction of sp³-hybridized carbons (Fsp3) is 0.267. The van der Waals surface area contributed by atoms with Crippen LogP contribution in [-0.2, 0) is 0 Å². The first-order valence-electron chi connectivity index (χ1n) is 7.04. The number of hydrogen-bond acceptors (Lipinski definition) is 5. The quantitative estimate of drug-likeness (QED) is 0.783. The van der Waals surface area contributed by atoms with Crippen molar-refractivity contribution in [3.8, 4) is 5.75 Å². The lowest BCUT2D eigenvalue weighted by atomic mass is 10.3. The molecule has 6 nitrogen and oxygen atoms in total. The molecule has 0 bridgehead atoms. The first-order valence-corrected chi connectivity index (χ1v) is 7.04. The summed E-state index contributed by atoms with van der Waals surface area (Å²) in [6, 6.07) is 4.90. The van der Waals surface area contributed by atoms with E-state index >= 15 is 0 Å². The van der Waals surface area contributed by atoms with E-state index in [4.69, 9.17) is 4.74 Å². The topological polar surface area (TPSA) is 64.3 Å². The van der Waals surface area contributed by atoms with E-state index in [9.17, 15) is 8.78 Å². The average molecular weight is 319 g/mol. The SMILES string of the molecule is Cc1cc(NC(C)COc2ccc(F)cc2F)n2ncnc2n1. The van der Waals surface area contributed by atoms with Crippen LogP contribution in [0, 0.1) is 18.6 Å². The monoisotopic (exact) mass is 319 g/mol. The van der Waals surface area contributed by atoms with Gasteiger partial charge in [-0.05, 0) is 26.0 Å². The highest BCUT2D eigenvalue weighted by molar-refractivity contribution is 5.45. The van der Waals surface area contributed by atoms with E-state index in [-0.39, 0.29) is 18.4 Å². The number of halogens is 2. The van der Waals surface area contributed by atoms with E-state index in [0.717, 1.165) is 17.8 Å². The summed E-state index contributed by atoms with van der Waals surface area (Å²) in [7, 11) is 0. The second-order valence-electron chi connectivity index (χ2n) is 5.19. The van der Waals surface area contributed by atoms with Gasteiger partial charge in [-0.15, -0.1) is 0 Å². The Morgan fingerprint density at radius 1 is 1.30 bits per heavy atom. The Balaban J connectivity index is 1.69. The summed E-state index contributed by atoms with van der Waals surface area (Å²) < 4.78 is 33.3. The molecule has 2 aromatic heterocycles. The van der Waals surface area contributed by atoms with Crippen LogP contribution in [0.4, 0.5) is 14.6 Å². The van der Waals surface area contributed by atoms with Gasteiger partial charge in [0, 0.05) is 17.8 Å². The van der Waals surface area contributed by atoms with Crippen molar-refractivity contribution in [3.05, 3.63) is 47.9 Å². The number of nitrogens with one attached hydrogen (secondary N) is 1. The number of fused-ring (bicyclic) bond motifs is 1. The van der Waals surface area contributed by atoms with Gasteiger partial charge in [-0.2, -0.15) is 14.6 Å². The highest BCUT2D eigenvalue weighted by Crippen LogP contribution is 2.18. The molecule has 2 heterocycles. The molecule has 23 heavy (non-hydrogen) atoms. The summed E-state index contributed by atoms with van der Waals surface area (Å²) in [5.41, 5.74) is 0.797. The number of aromatic nitrogens is 4. The predicted molar refractivity (Wildman–Crippen MR) is 80.5 cm³/mol. The van der Waals surface area contributed by atoms with E-state index in [1.54, 1.807) is 4.52 Å². The third-order valence-electron chi connectivity index (χ3n) is 3.16. The van der Waals surface area contributed by atoms with Crippen molar-refractivity contribution >= 4 is 11.6 Å². The van der Waals surface area contributed by atoms with Crippen LogP contribution in [0.5, 0.6) is 5.75 Å². The van der Waals surface area contributed by atoms with E-state index in [0.29, 0.717) is 11.6 Å². The summed E-state index contributed by atoms with van der Waals surface area (Å²) in [6.07, 6.45) is 1.42. The van der Waals surface area contributed by atoms with Crippen LogP contribution in [0.1, 0.15) is 12.6 Å².